The van der Waals surface area contributed by atoms with E-state index in [9.17, 15) is 4.79 Å². The Kier molecular flexibility index (Phi) is 4.17. The third-order valence-electron chi connectivity index (χ3n) is 2.44. The molecular formula is C12H18N2O2. The molecule has 1 aromatic rings. The van der Waals surface area contributed by atoms with Crippen molar-refractivity contribution in [3.63, 3.8) is 0 Å². The van der Waals surface area contributed by atoms with Crippen LogP contribution in [0.25, 0.3) is 0 Å². The smallest absolute Gasteiger partial charge is 0.226 e. The van der Waals surface area contributed by atoms with Gasteiger partial charge in [0.05, 0.1) is 12.8 Å². The molecule has 2 N–H and O–H groups in total. The van der Waals surface area contributed by atoms with Crippen LogP contribution in [0.15, 0.2) is 18.2 Å². The quantitative estimate of drug-likeness (QED) is 0.793. The molecule has 0 aromatic heterocycles. The van der Waals surface area contributed by atoms with E-state index in [1.54, 1.807) is 31.2 Å². The molecule has 0 aliphatic rings. The van der Waals surface area contributed by atoms with Crippen LogP contribution in [0.4, 0.5) is 11.4 Å². The largest absolute Gasteiger partial charge is 0.495 e. The van der Waals surface area contributed by atoms with Crippen molar-refractivity contribution in [3.05, 3.63) is 18.2 Å². The molecule has 16 heavy (non-hydrogen) atoms. The Morgan fingerprint density at radius 3 is 2.75 bits per heavy atom. The predicted molar refractivity (Wildman–Crippen MR) is 65.7 cm³/mol. The van der Waals surface area contributed by atoms with Crippen LogP contribution < -0.4 is 15.4 Å². The second-order valence-corrected chi connectivity index (χ2v) is 3.63. The number of nitrogens with two attached hydrogens (primary N) is 1. The van der Waals surface area contributed by atoms with Crippen LogP contribution in [-0.4, -0.2) is 20.1 Å². The average molecular weight is 222 g/mol. The highest BCUT2D eigenvalue weighted by molar-refractivity contribution is 5.93. The molecule has 0 fully saturated rings. The van der Waals surface area contributed by atoms with Crippen molar-refractivity contribution in [1.82, 2.24) is 0 Å². The second-order valence-electron chi connectivity index (χ2n) is 3.63. The first-order valence-corrected chi connectivity index (χ1v) is 5.30. The standard InChI is InChI=1S/C12H18N2O2/c1-4-5-12(15)14(2)9-6-7-10(13)11(8-9)16-3/h6-8H,4-5,13H2,1-3H3. The van der Waals surface area contributed by atoms with Gasteiger partial charge in [-0.3, -0.25) is 4.79 Å². The lowest BCUT2D eigenvalue weighted by Gasteiger charge is -2.18. The zero-order valence-corrected chi connectivity index (χ0v) is 9.99. The lowest BCUT2D eigenvalue weighted by atomic mass is 10.2. The van der Waals surface area contributed by atoms with Gasteiger partial charge in [-0.25, -0.2) is 0 Å². The molecule has 0 aliphatic heterocycles. The highest BCUT2D eigenvalue weighted by Crippen LogP contribution is 2.27. The Hall–Kier alpha value is -1.71. The highest BCUT2D eigenvalue weighted by atomic mass is 16.5. The first-order valence-electron chi connectivity index (χ1n) is 5.30. The summed E-state index contributed by atoms with van der Waals surface area (Å²) in [4.78, 5) is 13.3. The number of ether oxygens (including phenoxy) is 1. The van der Waals surface area contributed by atoms with Crippen molar-refractivity contribution in [3.8, 4) is 5.75 Å². The minimum absolute atomic E-state index is 0.0920. The number of carbonyl (C=O) groups excluding carboxylic acids is 1. The zero-order valence-electron chi connectivity index (χ0n) is 9.99. The summed E-state index contributed by atoms with van der Waals surface area (Å²) in [7, 11) is 3.31. The van der Waals surface area contributed by atoms with Crippen LogP contribution in [0.2, 0.25) is 0 Å². The van der Waals surface area contributed by atoms with Gasteiger partial charge in [-0.1, -0.05) is 6.92 Å². The number of nitrogens with zero attached hydrogens (tertiary/aromatic N) is 1. The van der Waals surface area contributed by atoms with E-state index in [4.69, 9.17) is 10.5 Å². The number of benzene rings is 1. The molecule has 0 unspecified atom stereocenters. The van der Waals surface area contributed by atoms with Crippen LogP contribution in [0, 0.1) is 0 Å². The van der Waals surface area contributed by atoms with E-state index in [1.165, 1.54) is 0 Å². The molecule has 0 saturated heterocycles. The molecule has 1 rings (SSSR count). The normalized spacial score (nSPS) is 9.94. The molecule has 0 saturated carbocycles. The molecule has 0 radical (unpaired) electrons. The third-order valence-corrected chi connectivity index (χ3v) is 2.44. The van der Waals surface area contributed by atoms with Crippen LogP contribution in [0.1, 0.15) is 19.8 Å². The molecule has 0 aliphatic carbocycles. The number of anilines is 2. The molecule has 0 spiro atoms. The molecule has 0 atom stereocenters. The van der Waals surface area contributed by atoms with E-state index in [0.717, 1.165) is 12.1 Å². The number of carbonyl (C=O) groups is 1. The van der Waals surface area contributed by atoms with Gasteiger partial charge in [0.15, 0.2) is 0 Å². The van der Waals surface area contributed by atoms with Gasteiger partial charge in [0.25, 0.3) is 0 Å². The summed E-state index contributed by atoms with van der Waals surface area (Å²) < 4.78 is 5.11. The topological polar surface area (TPSA) is 55.6 Å². The Morgan fingerprint density at radius 2 is 2.19 bits per heavy atom. The summed E-state index contributed by atoms with van der Waals surface area (Å²) >= 11 is 0. The zero-order chi connectivity index (χ0) is 12.1. The maximum Gasteiger partial charge on any atom is 0.226 e. The van der Waals surface area contributed by atoms with Crippen molar-refractivity contribution in [1.29, 1.82) is 0 Å². The van der Waals surface area contributed by atoms with Crippen molar-refractivity contribution in [2.24, 2.45) is 0 Å². The summed E-state index contributed by atoms with van der Waals surface area (Å²) in [6.45, 7) is 1.98. The first kappa shape index (κ1) is 12.4. The highest BCUT2D eigenvalue weighted by Gasteiger charge is 2.11. The van der Waals surface area contributed by atoms with Crippen molar-refractivity contribution in [2.45, 2.75) is 19.8 Å². The van der Waals surface area contributed by atoms with Crippen molar-refractivity contribution < 1.29 is 9.53 Å². The molecule has 0 heterocycles. The Balaban J connectivity index is 2.91. The fourth-order valence-corrected chi connectivity index (χ4v) is 1.43. The van der Waals surface area contributed by atoms with E-state index in [-0.39, 0.29) is 5.91 Å². The van der Waals surface area contributed by atoms with Crippen molar-refractivity contribution >= 4 is 17.3 Å². The Morgan fingerprint density at radius 1 is 1.50 bits per heavy atom. The number of hydrogen-bond acceptors (Lipinski definition) is 3. The fourth-order valence-electron chi connectivity index (χ4n) is 1.43. The van der Waals surface area contributed by atoms with E-state index < -0.39 is 0 Å². The van der Waals surface area contributed by atoms with Crippen LogP contribution >= 0.6 is 0 Å². The van der Waals surface area contributed by atoms with Crippen LogP contribution in [0.5, 0.6) is 5.75 Å². The monoisotopic (exact) mass is 222 g/mol. The lowest BCUT2D eigenvalue weighted by Crippen LogP contribution is -2.25. The van der Waals surface area contributed by atoms with Gasteiger partial charge in [-0.2, -0.15) is 0 Å². The minimum atomic E-state index is 0.0920. The number of nitrogen functional groups attached to an aromatic ring is 1. The lowest BCUT2D eigenvalue weighted by molar-refractivity contribution is -0.118. The van der Waals surface area contributed by atoms with Crippen LogP contribution in [0.3, 0.4) is 0 Å². The summed E-state index contributed by atoms with van der Waals surface area (Å²) in [6.07, 6.45) is 1.39. The number of hydrogen-bond donors (Lipinski definition) is 1. The van der Waals surface area contributed by atoms with Gasteiger partial charge < -0.3 is 15.4 Å². The predicted octanol–water partition coefficient (Wildman–Crippen LogP) is 2.04. The molecule has 1 aromatic carbocycles. The maximum absolute atomic E-state index is 11.7. The summed E-state index contributed by atoms with van der Waals surface area (Å²) in [5.74, 6) is 0.683. The fraction of sp³-hybridized carbons (Fsp3) is 0.417. The van der Waals surface area contributed by atoms with E-state index in [0.29, 0.717) is 17.9 Å². The molecule has 1 amide bonds. The van der Waals surface area contributed by atoms with Gasteiger partial charge in [0, 0.05) is 25.2 Å². The first-order chi connectivity index (χ1) is 7.60. The van der Waals surface area contributed by atoms with Gasteiger partial charge in [0.1, 0.15) is 5.75 Å². The van der Waals surface area contributed by atoms with Crippen LogP contribution in [-0.2, 0) is 4.79 Å². The second kappa shape index (κ2) is 5.39. The number of methoxy groups -OCH3 is 1. The summed E-state index contributed by atoms with van der Waals surface area (Å²) in [5, 5.41) is 0. The molecule has 4 heteroatoms. The van der Waals surface area contributed by atoms with Gasteiger partial charge >= 0.3 is 0 Å². The van der Waals surface area contributed by atoms with E-state index >= 15 is 0 Å². The van der Waals surface area contributed by atoms with Gasteiger partial charge in [0.2, 0.25) is 5.91 Å². The summed E-state index contributed by atoms with van der Waals surface area (Å²) in [5.41, 5.74) is 7.07. The molecule has 0 bridgehead atoms. The Bertz CT molecular complexity index is 377. The SMILES string of the molecule is CCCC(=O)N(C)c1ccc(N)c(OC)c1. The molecule has 4 nitrogen and oxygen atoms in total. The van der Waals surface area contributed by atoms with E-state index in [2.05, 4.69) is 0 Å². The average Bonchev–Trinajstić information content (AvgIpc) is 2.29. The third kappa shape index (κ3) is 2.66. The van der Waals surface area contributed by atoms with Gasteiger partial charge in [-0.15, -0.1) is 0 Å². The number of amides is 1. The summed E-state index contributed by atoms with van der Waals surface area (Å²) in [6, 6.07) is 5.32. The minimum Gasteiger partial charge on any atom is -0.495 e. The molecular weight excluding hydrogens is 204 g/mol. The van der Waals surface area contributed by atoms with E-state index in [1.807, 2.05) is 13.0 Å². The molecule has 88 valence electrons. The van der Waals surface area contributed by atoms with Crippen molar-refractivity contribution in [2.75, 3.05) is 24.8 Å². The van der Waals surface area contributed by atoms with Gasteiger partial charge in [-0.05, 0) is 18.6 Å². The number of rotatable bonds is 4. The Labute approximate surface area is 96.0 Å². The maximum atomic E-state index is 11.7.